The highest BCUT2D eigenvalue weighted by atomic mass is 19.4. The third kappa shape index (κ3) is 8.03. The smallest absolute Gasteiger partial charge is 0.460 e. The first-order valence-electron chi connectivity index (χ1n) is 11.1. The SMILES string of the molecule is C=CCCCCCC(CCCCC(F)(F)C(F)(F)C(F)(F)C(F)(F)F)(C(=O)OCC)C(=O)OCC. The molecule has 13 heteroatoms. The van der Waals surface area contributed by atoms with Crippen LogP contribution in [0.1, 0.15) is 71.6 Å². The Balaban J connectivity index is 5.61. The van der Waals surface area contributed by atoms with Gasteiger partial charge in [0.15, 0.2) is 5.41 Å². The fourth-order valence-corrected chi connectivity index (χ4v) is 3.39. The van der Waals surface area contributed by atoms with Crippen LogP contribution in [0.2, 0.25) is 0 Å². The normalized spacial score (nSPS) is 13.5. The molecule has 35 heavy (non-hydrogen) atoms. The molecule has 0 aromatic rings. The number of ether oxygens (including phenoxy) is 2. The van der Waals surface area contributed by atoms with Gasteiger partial charge < -0.3 is 9.47 Å². The van der Waals surface area contributed by atoms with Crippen LogP contribution in [0.5, 0.6) is 0 Å². The highest BCUT2D eigenvalue weighted by Crippen LogP contribution is 2.54. The van der Waals surface area contributed by atoms with E-state index in [1.807, 2.05) is 0 Å². The van der Waals surface area contributed by atoms with Gasteiger partial charge in [-0.3, -0.25) is 9.59 Å². The van der Waals surface area contributed by atoms with Crippen molar-refractivity contribution in [1.82, 2.24) is 0 Å². The number of hydrogen-bond donors (Lipinski definition) is 0. The monoisotopic (exact) mass is 530 g/mol. The lowest BCUT2D eigenvalue weighted by Crippen LogP contribution is -2.60. The summed E-state index contributed by atoms with van der Waals surface area (Å²) in [6.45, 7) is 6.16. The molecule has 0 saturated heterocycles. The van der Waals surface area contributed by atoms with Crippen LogP contribution < -0.4 is 0 Å². The van der Waals surface area contributed by atoms with E-state index in [9.17, 15) is 49.1 Å². The van der Waals surface area contributed by atoms with Gasteiger partial charge in [0.2, 0.25) is 0 Å². The van der Waals surface area contributed by atoms with Gasteiger partial charge in [-0.15, -0.1) is 6.58 Å². The molecule has 0 fully saturated rings. The second kappa shape index (κ2) is 13.4. The third-order valence-electron chi connectivity index (χ3n) is 5.40. The van der Waals surface area contributed by atoms with Crippen LogP contribution in [-0.2, 0) is 19.1 Å². The minimum atomic E-state index is -6.96. The number of alkyl halides is 9. The molecule has 0 bridgehead atoms. The lowest BCUT2D eigenvalue weighted by Gasteiger charge is -2.34. The summed E-state index contributed by atoms with van der Waals surface area (Å²) in [5.74, 6) is -21.4. The zero-order chi connectivity index (χ0) is 27.6. The first-order valence-corrected chi connectivity index (χ1v) is 11.1. The molecule has 0 amide bonds. The largest absolute Gasteiger partial charge is 0.465 e. The Morgan fingerprint density at radius 1 is 0.686 bits per heavy atom. The van der Waals surface area contributed by atoms with E-state index in [2.05, 4.69) is 6.58 Å². The van der Waals surface area contributed by atoms with Gasteiger partial charge in [0.1, 0.15) is 0 Å². The third-order valence-corrected chi connectivity index (χ3v) is 5.40. The maximum Gasteiger partial charge on any atom is 0.460 e. The summed E-state index contributed by atoms with van der Waals surface area (Å²) < 4.78 is 127. The number of unbranched alkanes of at least 4 members (excludes halogenated alkanes) is 4. The van der Waals surface area contributed by atoms with Gasteiger partial charge in [-0.25, -0.2) is 0 Å². The number of allylic oxidation sites excluding steroid dienone is 1. The summed E-state index contributed by atoms with van der Waals surface area (Å²) in [4.78, 5) is 25.3. The summed E-state index contributed by atoms with van der Waals surface area (Å²) >= 11 is 0. The van der Waals surface area contributed by atoms with Crippen molar-refractivity contribution in [2.75, 3.05) is 13.2 Å². The summed E-state index contributed by atoms with van der Waals surface area (Å²) in [6.07, 6.45) is -7.27. The molecule has 0 rings (SSSR count). The minimum Gasteiger partial charge on any atom is -0.465 e. The summed E-state index contributed by atoms with van der Waals surface area (Å²) in [7, 11) is 0. The van der Waals surface area contributed by atoms with E-state index in [1.54, 1.807) is 6.08 Å². The van der Waals surface area contributed by atoms with E-state index in [4.69, 9.17) is 9.47 Å². The predicted molar refractivity (Wildman–Crippen MR) is 108 cm³/mol. The van der Waals surface area contributed by atoms with E-state index in [-0.39, 0.29) is 19.6 Å². The van der Waals surface area contributed by atoms with Crippen molar-refractivity contribution in [3.05, 3.63) is 12.7 Å². The molecule has 0 N–H and O–H groups in total. The van der Waals surface area contributed by atoms with Crippen LogP contribution in [0.25, 0.3) is 0 Å². The molecule has 0 aliphatic rings. The first kappa shape index (κ1) is 33.0. The number of hydrogen-bond acceptors (Lipinski definition) is 4. The molecular weight excluding hydrogens is 499 g/mol. The van der Waals surface area contributed by atoms with Crippen LogP contribution in [-0.4, -0.2) is 49.1 Å². The Morgan fingerprint density at radius 3 is 1.51 bits per heavy atom. The maximum absolute atomic E-state index is 13.8. The fraction of sp³-hybridized carbons (Fsp3) is 0.818. The van der Waals surface area contributed by atoms with Crippen LogP contribution >= 0.6 is 0 Å². The zero-order valence-corrected chi connectivity index (χ0v) is 19.6. The Labute approximate surface area is 198 Å². The molecule has 0 aliphatic heterocycles. The van der Waals surface area contributed by atoms with E-state index in [0.717, 1.165) is 0 Å². The molecule has 4 nitrogen and oxygen atoms in total. The molecule has 0 spiro atoms. The average Bonchev–Trinajstić information content (AvgIpc) is 2.74. The number of carbonyl (C=O) groups is 2. The van der Waals surface area contributed by atoms with Crippen molar-refractivity contribution in [2.24, 2.45) is 5.41 Å². The van der Waals surface area contributed by atoms with Crippen molar-refractivity contribution < 1.29 is 58.6 Å². The Morgan fingerprint density at radius 2 is 1.11 bits per heavy atom. The first-order chi connectivity index (χ1) is 16.0. The Hall–Kier alpha value is -1.95. The van der Waals surface area contributed by atoms with Gasteiger partial charge in [-0.1, -0.05) is 25.3 Å². The van der Waals surface area contributed by atoms with E-state index in [0.29, 0.717) is 25.7 Å². The van der Waals surface area contributed by atoms with Gasteiger partial charge in [0.25, 0.3) is 0 Å². The molecule has 0 aliphatic carbocycles. The zero-order valence-electron chi connectivity index (χ0n) is 19.6. The Kier molecular flexibility index (Phi) is 12.6. The molecule has 0 unspecified atom stereocenters. The topological polar surface area (TPSA) is 52.6 Å². The van der Waals surface area contributed by atoms with E-state index < -0.39 is 67.0 Å². The van der Waals surface area contributed by atoms with Crippen LogP contribution in [0, 0.1) is 5.41 Å². The van der Waals surface area contributed by atoms with Crippen molar-refractivity contribution >= 4 is 11.9 Å². The van der Waals surface area contributed by atoms with Crippen LogP contribution in [0.3, 0.4) is 0 Å². The summed E-state index contributed by atoms with van der Waals surface area (Å²) in [5.41, 5.74) is -1.96. The molecule has 0 atom stereocenters. The van der Waals surface area contributed by atoms with Crippen LogP contribution in [0.4, 0.5) is 39.5 Å². The van der Waals surface area contributed by atoms with E-state index >= 15 is 0 Å². The van der Waals surface area contributed by atoms with E-state index in [1.165, 1.54) is 13.8 Å². The van der Waals surface area contributed by atoms with Crippen molar-refractivity contribution in [3.63, 3.8) is 0 Å². The number of halogens is 9. The quantitative estimate of drug-likeness (QED) is 0.0653. The molecule has 0 radical (unpaired) electrons. The molecular formula is C22H31F9O4. The fourth-order valence-electron chi connectivity index (χ4n) is 3.39. The highest BCUT2D eigenvalue weighted by molar-refractivity contribution is 6.00. The van der Waals surface area contributed by atoms with Crippen LogP contribution in [0.15, 0.2) is 12.7 Å². The molecule has 206 valence electrons. The standard InChI is InChI=1S/C22H31F9O4/c1-4-7-8-9-10-13-18(16(32)34-5-2,17(33)35-6-3)14-11-12-15-19(23,24)20(25,26)21(27,28)22(29,30)31/h4H,1,5-15H2,2-3H3. The predicted octanol–water partition coefficient (Wildman–Crippen LogP) is 7.26. The van der Waals surface area contributed by atoms with Crippen molar-refractivity contribution in [3.8, 4) is 0 Å². The highest BCUT2D eigenvalue weighted by Gasteiger charge is 2.81. The van der Waals surface area contributed by atoms with Gasteiger partial charge in [0, 0.05) is 6.42 Å². The second-order valence-electron chi connectivity index (χ2n) is 7.97. The molecule has 0 aromatic heterocycles. The van der Waals surface area contributed by atoms with Crippen molar-refractivity contribution in [2.45, 2.75) is 95.6 Å². The lowest BCUT2D eigenvalue weighted by atomic mass is 9.77. The number of carbonyl (C=O) groups excluding carboxylic acids is 2. The van der Waals surface area contributed by atoms with Gasteiger partial charge in [0.05, 0.1) is 13.2 Å². The number of rotatable bonds is 17. The summed E-state index contributed by atoms with van der Waals surface area (Å²) in [5, 5.41) is 0. The summed E-state index contributed by atoms with van der Waals surface area (Å²) in [6, 6.07) is 0. The average molecular weight is 530 g/mol. The van der Waals surface area contributed by atoms with Gasteiger partial charge in [-0.05, 0) is 46.0 Å². The lowest BCUT2D eigenvalue weighted by molar-refractivity contribution is -0.396. The van der Waals surface area contributed by atoms with Crippen molar-refractivity contribution in [1.29, 1.82) is 0 Å². The minimum absolute atomic E-state index is 0.124. The second-order valence-corrected chi connectivity index (χ2v) is 7.97. The van der Waals surface area contributed by atoms with Gasteiger partial charge >= 0.3 is 35.9 Å². The molecule has 0 aromatic carbocycles. The Bertz CT molecular complexity index is 673. The molecule has 0 heterocycles. The molecule has 0 saturated carbocycles. The van der Waals surface area contributed by atoms with Gasteiger partial charge in [-0.2, -0.15) is 39.5 Å². The maximum atomic E-state index is 13.8. The number of esters is 2.